The van der Waals surface area contributed by atoms with Crippen LogP contribution in [-0.2, 0) is 16.0 Å². The zero-order valence-electron chi connectivity index (χ0n) is 15.5. The number of carbonyl (C=O) groups is 1. The van der Waals surface area contributed by atoms with Crippen LogP contribution < -0.4 is 10.1 Å². The Morgan fingerprint density at radius 1 is 1.18 bits per heavy atom. The molecule has 1 aromatic heterocycles. The van der Waals surface area contributed by atoms with E-state index in [4.69, 9.17) is 9.47 Å². The van der Waals surface area contributed by atoms with E-state index in [1.54, 1.807) is 12.4 Å². The Bertz CT molecular complexity index is 948. The van der Waals surface area contributed by atoms with Crippen molar-refractivity contribution in [3.63, 3.8) is 0 Å². The third-order valence-corrected chi connectivity index (χ3v) is 4.78. The molecule has 3 aromatic rings. The first kappa shape index (κ1) is 18.1. The summed E-state index contributed by atoms with van der Waals surface area (Å²) < 4.78 is 11.5. The van der Waals surface area contributed by atoms with Crippen molar-refractivity contribution in [3.8, 4) is 16.9 Å². The van der Waals surface area contributed by atoms with Gasteiger partial charge in [0.25, 0.3) is 5.91 Å². The van der Waals surface area contributed by atoms with Gasteiger partial charge in [0.15, 0.2) is 6.10 Å². The van der Waals surface area contributed by atoms with Gasteiger partial charge in [0.2, 0.25) is 0 Å². The fraction of sp³-hybridized carbons (Fsp3) is 0.227. The number of aromatic nitrogens is 2. The summed E-state index contributed by atoms with van der Waals surface area (Å²) in [5.41, 5.74) is 3.81. The minimum atomic E-state index is -0.637. The van der Waals surface area contributed by atoms with Crippen LogP contribution in [0.4, 0.5) is 0 Å². The average molecular weight is 375 g/mol. The minimum Gasteiger partial charge on any atom is -0.487 e. The molecule has 0 radical (unpaired) electrons. The summed E-state index contributed by atoms with van der Waals surface area (Å²) in [7, 11) is 1.54. The highest BCUT2D eigenvalue weighted by Crippen LogP contribution is 2.38. The Morgan fingerprint density at radius 2 is 1.96 bits per heavy atom. The molecule has 0 spiro atoms. The summed E-state index contributed by atoms with van der Waals surface area (Å²) in [6.07, 6.45) is 5.01. The number of methoxy groups -OCH3 is 1. The number of amides is 1. The molecule has 1 amide bonds. The number of hydrogen-bond acceptors (Lipinski definition) is 5. The van der Waals surface area contributed by atoms with Crippen molar-refractivity contribution < 1.29 is 14.3 Å². The van der Waals surface area contributed by atoms with E-state index in [1.807, 2.05) is 48.5 Å². The molecule has 0 bridgehead atoms. The molecule has 0 unspecified atom stereocenters. The maximum absolute atomic E-state index is 12.6. The second kappa shape index (κ2) is 8.19. The molecule has 0 aliphatic carbocycles. The van der Waals surface area contributed by atoms with Crippen LogP contribution in [-0.4, -0.2) is 35.6 Å². The van der Waals surface area contributed by atoms with Crippen LogP contribution in [0, 0.1) is 0 Å². The number of para-hydroxylation sites is 1. The third kappa shape index (κ3) is 3.73. The molecule has 1 N–H and O–H groups in total. The number of benzene rings is 2. The number of ether oxygens (including phenoxy) is 2. The van der Waals surface area contributed by atoms with Crippen LogP contribution in [0.2, 0.25) is 0 Å². The van der Waals surface area contributed by atoms with E-state index in [2.05, 4.69) is 15.3 Å². The molecule has 28 heavy (non-hydrogen) atoms. The van der Waals surface area contributed by atoms with Crippen LogP contribution in [0.25, 0.3) is 11.1 Å². The molecule has 1 aliphatic rings. The highest BCUT2D eigenvalue weighted by atomic mass is 16.5. The van der Waals surface area contributed by atoms with Crippen LogP contribution in [0.15, 0.2) is 67.3 Å². The smallest absolute Gasteiger partial charge is 0.253 e. The number of nitrogens with zero attached hydrogens (tertiary/aromatic N) is 2. The van der Waals surface area contributed by atoms with Crippen molar-refractivity contribution in [1.82, 2.24) is 15.3 Å². The molecular formula is C22H21N3O3. The van der Waals surface area contributed by atoms with Gasteiger partial charge >= 0.3 is 0 Å². The Hall–Kier alpha value is -3.25. The van der Waals surface area contributed by atoms with Crippen LogP contribution >= 0.6 is 0 Å². The van der Waals surface area contributed by atoms with E-state index in [1.165, 1.54) is 13.4 Å². The average Bonchev–Trinajstić information content (AvgIpc) is 3.17. The first-order chi connectivity index (χ1) is 13.8. The lowest BCUT2D eigenvalue weighted by Gasteiger charge is -2.18. The largest absolute Gasteiger partial charge is 0.487 e. The maximum atomic E-state index is 12.6. The monoisotopic (exact) mass is 375 g/mol. The minimum absolute atomic E-state index is 0.127. The summed E-state index contributed by atoms with van der Waals surface area (Å²) in [6, 6.07) is 15.5. The first-order valence-electron chi connectivity index (χ1n) is 9.15. The van der Waals surface area contributed by atoms with E-state index in [0.29, 0.717) is 6.54 Å². The van der Waals surface area contributed by atoms with Gasteiger partial charge in [-0.3, -0.25) is 4.79 Å². The van der Waals surface area contributed by atoms with E-state index in [9.17, 15) is 4.79 Å². The fourth-order valence-corrected chi connectivity index (χ4v) is 3.45. The van der Waals surface area contributed by atoms with Gasteiger partial charge in [-0.1, -0.05) is 48.5 Å². The number of nitrogens with one attached hydrogen (secondary N) is 1. The Labute approximate surface area is 163 Å². The predicted molar refractivity (Wildman–Crippen MR) is 105 cm³/mol. The van der Waals surface area contributed by atoms with Crippen molar-refractivity contribution in [2.75, 3.05) is 13.7 Å². The summed E-state index contributed by atoms with van der Waals surface area (Å²) >= 11 is 0. The Kier molecular flexibility index (Phi) is 5.30. The van der Waals surface area contributed by atoms with Gasteiger partial charge in [0.1, 0.15) is 18.2 Å². The van der Waals surface area contributed by atoms with E-state index < -0.39 is 6.10 Å². The number of hydrogen-bond donors (Lipinski definition) is 1. The van der Waals surface area contributed by atoms with Gasteiger partial charge in [-0.15, -0.1) is 0 Å². The Balaban J connectivity index is 1.42. The van der Waals surface area contributed by atoms with Crippen molar-refractivity contribution in [2.45, 2.75) is 18.6 Å². The van der Waals surface area contributed by atoms with Gasteiger partial charge in [0, 0.05) is 37.1 Å². The van der Waals surface area contributed by atoms with E-state index in [-0.39, 0.29) is 12.0 Å². The van der Waals surface area contributed by atoms with Gasteiger partial charge in [0.05, 0.1) is 6.54 Å². The molecule has 142 valence electrons. The van der Waals surface area contributed by atoms with Crippen LogP contribution in [0.3, 0.4) is 0 Å². The number of carbonyl (C=O) groups excluding carboxylic acids is 1. The third-order valence-electron chi connectivity index (χ3n) is 4.78. The summed E-state index contributed by atoms with van der Waals surface area (Å²) in [4.78, 5) is 20.8. The summed E-state index contributed by atoms with van der Waals surface area (Å²) in [5, 5.41) is 2.95. The van der Waals surface area contributed by atoms with Gasteiger partial charge in [-0.05, 0) is 11.1 Å². The summed E-state index contributed by atoms with van der Waals surface area (Å²) in [5.74, 6) is 0.660. The zero-order valence-corrected chi connectivity index (χ0v) is 15.5. The molecule has 0 saturated carbocycles. The SMILES string of the molecule is CO[C@@H](C(=O)NC[C@H]1Cc2cccc(-c3cncnc3)c2O1)c1ccccc1. The fourth-order valence-electron chi connectivity index (χ4n) is 3.45. The molecule has 2 heterocycles. The van der Waals surface area contributed by atoms with Gasteiger partial charge in [-0.2, -0.15) is 0 Å². The lowest BCUT2D eigenvalue weighted by atomic mass is 10.0. The maximum Gasteiger partial charge on any atom is 0.253 e. The quantitative estimate of drug-likeness (QED) is 0.717. The van der Waals surface area contributed by atoms with Gasteiger partial charge < -0.3 is 14.8 Å². The topological polar surface area (TPSA) is 73.3 Å². The molecule has 2 atom stereocenters. The second-order valence-corrected chi connectivity index (χ2v) is 6.64. The van der Waals surface area contributed by atoms with Crippen molar-refractivity contribution >= 4 is 5.91 Å². The van der Waals surface area contributed by atoms with Crippen molar-refractivity contribution in [2.24, 2.45) is 0 Å². The molecule has 6 nitrogen and oxygen atoms in total. The van der Waals surface area contributed by atoms with Crippen LogP contribution in [0.5, 0.6) is 5.75 Å². The predicted octanol–water partition coefficient (Wildman–Crippen LogP) is 2.95. The molecule has 0 saturated heterocycles. The molecule has 1 aliphatic heterocycles. The highest BCUT2D eigenvalue weighted by Gasteiger charge is 2.27. The van der Waals surface area contributed by atoms with Gasteiger partial charge in [-0.25, -0.2) is 9.97 Å². The normalized spacial score (nSPS) is 16.1. The number of fused-ring (bicyclic) bond motifs is 1. The molecule has 6 heteroatoms. The molecule has 2 aromatic carbocycles. The zero-order chi connectivity index (χ0) is 19.3. The second-order valence-electron chi connectivity index (χ2n) is 6.64. The van der Waals surface area contributed by atoms with E-state index >= 15 is 0 Å². The lowest BCUT2D eigenvalue weighted by Crippen LogP contribution is -2.37. The lowest BCUT2D eigenvalue weighted by molar-refractivity contribution is -0.131. The van der Waals surface area contributed by atoms with Crippen molar-refractivity contribution in [3.05, 3.63) is 78.4 Å². The standard InChI is InChI=1S/C22H21N3O3/c1-27-21(15-6-3-2-4-7-15)22(26)25-13-18-10-16-8-5-9-19(20(16)28-18)17-11-23-14-24-12-17/h2-9,11-12,14,18,21H,10,13H2,1H3,(H,25,26)/t18-,21-/m1/s1. The first-order valence-corrected chi connectivity index (χ1v) is 9.15. The van der Waals surface area contributed by atoms with E-state index in [0.717, 1.165) is 34.4 Å². The molecule has 4 rings (SSSR count). The molecular weight excluding hydrogens is 354 g/mol. The van der Waals surface area contributed by atoms with Crippen LogP contribution in [0.1, 0.15) is 17.2 Å². The highest BCUT2D eigenvalue weighted by molar-refractivity contribution is 5.82. The number of rotatable bonds is 6. The summed E-state index contributed by atoms with van der Waals surface area (Å²) in [6.45, 7) is 0.408. The van der Waals surface area contributed by atoms with Crippen molar-refractivity contribution in [1.29, 1.82) is 0 Å². The Morgan fingerprint density at radius 3 is 2.71 bits per heavy atom. The molecule has 0 fully saturated rings.